The summed E-state index contributed by atoms with van der Waals surface area (Å²) in [5.41, 5.74) is 2.19. The van der Waals surface area contributed by atoms with Gasteiger partial charge in [-0.1, -0.05) is 24.3 Å². The predicted octanol–water partition coefficient (Wildman–Crippen LogP) is 4.89. The van der Waals surface area contributed by atoms with E-state index in [0.29, 0.717) is 33.8 Å². The molecule has 0 atom stereocenters. The van der Waals surface area contributed by atoms with E-state index in [1.165, 1.54) is 0 Å². The molecule has 3 rings (SSSR count). The fourth-order valence-corrected chi connectivity index (χ4v) is 2.80. The normalized spacial score (nSPS) is 10.2. The van der Waals surface area contributed by atoms with E-state index in [4.69, 9.17) is 7.80 Å². The molecule has 0 saturated heterocycles. The average molecular weight is 458 g/mol. The van der Waals surface area contributed by atoms with Crippen molar-refractivity contribution in [2.45, 2.75) is 0 Å². The third kappa shape index (κ3) is 3.94. The lowest BCUT2D eigenvalue weighted by Crippen LogP contribution is -2.04. The van der Waals surface area contributed by atoms with E-state index >= 15 is 0 Å². The van der Waals surface area contributed by atoms with Gasteiger partial charge in [-0.15, -0.1) is 0 Å². The third-order valence-corrected chi connectivity index (χ3v) is 4.48. The number of carbonyl (C=O) groups excluding carboxylic acids is 2. The Hall–Kier alpha value is -2.67. The van der Waals surface area contributed by atoms with Crippen LogP contribution in [0.2, 0.25) is 0 Å². The van der Waals surface area contributed by atoms with Crippen molar-refractivity contribution in [1.29, 1.82) is 0 Å². The molecule has 0 fully saturated rings. The van der Waals surface area contributed by atoms with Crippen LogP contribution in [-0.2, 0) is 0 Å². The minimum Gasteiger partial charge on any atom is -0.497 e. The maximum absolute atomic E-state index is 12.5. The number of methoxy groups -OCH3 is 1. The Balaban J connectivity index is 1.78. The number of halogens is 1. The van der Waals surface area contributed by atoms with E-state index in [0.717, 1.165) is 0 Å². The summed E-state index contributed by atoms with van der Waals surface area (Å²) in [6, 6.07) is 20.5. The maximum Gasteiger partial charge on any atom is 0.193 e. The molecular formula is C21H15IO4. The predicted molar refractivity (Wildman–Crippen MR) is 107 cm³/mol. The van der Waals surface area contributed by atoms with Gasteiger partial charge < -0.3 is 7.80 Å². The number of ether oxygens (including phenoxy) is 1. The Morgan fingerprint density at radius 2 is 0.923 bits per heavy atom. The molecule has 0 aliphatic rings. The second-order valence-corrected chi connectivity index (χ2v) is 6.01. The van der Waals surface area contributed by atoms with Gasteiger partial charge in [0, 0.05) is 22.3 Å². The number of rotatable bonds is 6. The summed E-state index contributed by atoms with van der Waals surface area (Å²) >= 11 is 1.79. The van der Waals surface area contributed by atoms with Crippen LogP contribution in [-0.4, -0.2) is 18.7 Å². The summed E-state index contributed by atoms with van der Waals surface area (Å²) in [4.78, 5) is 25.1. The third-order valence-electron chi connectivity index (χ3n) is 3.97. The highest BCUT2D eigenvalue weighted by Crippen LogP contribution is 2.19. The van der Waals surface area contributed by atoms with Gasteiger partial charge in [-0.3, -0.25) is 9.59 Å². The van der Waals surface area contributed by atoms with Crippen LogP contribution in [0.25, 0.3) is 0 Å². The number of carbonyl (C=O) groups is 2. The topological polar surface area (TPSA) is 52.6 Å². The summed E-state index contributed by atoms with van der Waals surface area (Å²) in [6.07, 6.45) is 0. The number of hydrogen-bond donors (Lipinski definition) is 0. The zero-order valence-corrected chi connectivity index (χ0v) is 16.1. The van der Waals surface area contributed by atoms with Gasteiger partial charge in [0.2, 0.25) is 0 Å². The summed E-state index contributed by atoms with van der Waals surface area (Å²) in [5, 5.41) is 0. The Morgan fingerprint density at radius 1 is 0.615 bits per heavy atom. The van der Waals surface area contributed by atoms with Crippen molar-refractivity contribution in [3.05, 3.63) is 95.1 Å². The van der Waals surface area contributed by atoms with Crippen LogP contribution in [0.5, 0.6) is 11.5 Å². The molecule has 0 heterocycles. The van der Waals surface area contributed by atoms with Crippen molar-refractivity contribution in [2.24, 2.45) is 0 Å². The lowest BCUT2D eigenvalue weighted by atomic mass is 9.98. The highest BCUT2D eigenvalue weighted by Gasteiger charge is 2.12. The first kappa shape index (κ1) is 18.1. The molecule has 4 nitrogen and oxygen atoms in total. The first-order valence-electron chi connectivity index (χ1n) is 7.84. The summed E-state index contributed by atoms with van der Waals surface area (Å²) < 4.78 is 10.2. The highest BCUT2D eigenvalue weighted by atomic mass is 127. The monoisotopic (exact) mass is 458 g/mol. The molecule has 0 N–H and O–H groups in total. The smallest absolute Gasteiger partial charge is 0.193 e. The average Bonchev–Trinajstić information content (AvgIpc) is 2.73. The molecule has 0 bridgehead atoms. The Morgan fingerprint density at radius 3 is 1.23 bits per heavy atom. The van der Waals surface area contributed by atoms with Gasteiger partial charge in [-0.2, -0.15) is 0 Å². The van der Waals surface area contributed by atoms with E-state index in [9.17, 15) is 9.59 Å². The van der Waals surface area contributed by atoms with Crippen LogP contribution in [0.1, 0.15) is 31.8 Å². The van der Waals surface area contributed by atoms with Crippen molar-refractivity contribution in [3.63, 3.8) is 0 Å². The molecule has 130 valence electrons. The molecule has 0 aliphatic heterocycles. The minimum atomic E-state index is -0.103. The highest BCUT2D eigenvalue weighted by molar-refractivity contribution is 14.1. The first-order valence-corrected chi connectivity index (χ1v) is 8.72. The summed E-state index contributed by atoms with van der Waals surface area (Å²) in [7, 11) is 1.58. The molecular weight excluding hydrogens is 443 g/mol. The van der Waals surface area contributed by atoms with Gasteiger partial charge in [0.15, 0.2) is 34.6 Å². The molecule has 0 spiro atoms. The van der Waals surface area contributed by atoms with Gasteiger partial charge in [-0.25, -0.2) is 0 Å². The Labute approximate surface area is 165 Å². The van der Waals surface area contributed by atoms with Gasteiger partial charge >= 0.3 is 0 Å². The van der Waals surface area contributed by atoms with Crippen molar-refractivity contribution in [3.8, 4) is 11.5 Å². The quantitative estimate of drug-likeness (QED) is 0.390. The molecule has 0 radical (unpaired) electrons. The van der Waals surface area contributed by atoms with Crippen molar-refractivity contribution in [2.75, 3.05) is 7.11 Å². The van der Waals surface area contributed by atoms with E-state index in [-0.39, 0.29) is 11.6 Å². The van der Waals surface area contributed by atoms with Crippen LogP contribution in [0.4, 0.5) is 0 Å². The second kappa shape index (κ2) is 8.14. The Kier molecular flexibility index (Phi) is 5.68. The fourth-order valence-electron chi connectivity index (χ4n) is 2.51. The summed E-state index contributed by atoms with van der Waals surface area (Å²) in [6.45, 7) is 0. The number of ketones is 2. The van der Waals surface area contributed by atoms with Crippen LogP contribution in [0.15, 0.2) is 72.8 Å². The van der Waals surface area contributed by atoms with Crippen molar-refractivity contribution in [1.82, 2.24) is 0 Å². The molecule has 26 heavy (non-hydrogen) atoms. The largest absolute Gasteiger partial charge is 0.497 e. The molecule has 0 saturated carbocycles. The molecule has 0 aliphatic carbocycles. The number of benzene rings is 3. The zero-order chi connectivity index (χ0) is 18.5. The fraction of sp³-hybridized carbons (Fsp3) is 0.0476. The molecule has 5 heteroatoms. The second-order valence-electron chi connectivity index (χ2n) is 5.57. The van der Waals surface area contributed by atoms with E-state index in [1.54, 1.807) is 103 Å². The van der Waals surface area contributed by atoms with Crippen molar-refractivity contribution >= 4 is 34.6 Å². The van der Waals surface area contributed by atoms with Crippen LogP contribution in [0, 0.1) is 0 Å². The maximum atomic E-state index is 12.5. The van der Waals surface area contributed by atoms with Crippen LogP contribution in [0.3, 0.4) is 0 Å². The SMILES string of the molecule is COc1ccc(C(=O)c2ccc(C(=O)c3ccc(OI)cc3)cc2)cc1. The van der Waals surface area contributed by atoms with E-state index in [2.05, 4.69) is 0 Å². The van der Waals surface area contributed by atoms with Gasteiger partial charge in [0.25, 0.3) is 0 Å². The van der Waals surface area contributed by atoms with Gasteiger partial charge in [0.1, 0.15) is 11.5 Å². The van der Waals surface area contributed by atoms with Crippen LogP contribution < -0.4 is 7.80 Å². The first-order chi connectivity index (χ1) is 12.6. The molecule has 3 aromatic rings. The molecule has 0 amide bonds. The molecule has 3 aromatic carbocycles. The zero-order valence-electron chi connectivity index (χ0n) is 13.9. The molecule has 0 aromatic heterocycles. The van der Waals surface area contributed by atoms with Gasteiger partial charge in [-0.05, 0) is 48.5 Å². The van der Waals surface area contributed by atoms with E-state index < -0.39 is 0 Å². The standard InChI is InChI=1S/C21H15IO4/c1-25-18-10-6-16(7-11-18)20(23)14-2-4-15(5-3-14)21(24)17-8-12-19(26-22)13-9-17/h2-13H,1H3. The van der Waals surface area contributed by atoms with Gasteiger partial charge in [0.05, 0.1) is 7.11 Å². The van der Waals surface area contributed by atoms with Crippen LogP contribution >= 0.6 is 23.0 Å². The Bertz CT molecular complexity index is 835. The lowest BCUT2D eigenvalue weighted by molar-refractivity contribution is 0.102. The van der Waals surface area contributed by atoms with Crippen molar-refractivity contribution < 1.29 is 17.4 Å². The minimum absolute atomic E-state index is 0.102. The number of hydrogen-bond acceptors (Lipinski definition) is 4. The lowest BCUT2D eigenvalue weighted by Gasteiger charge is -2.05. The summed E-state index contributed by atoms with van der Waals surface area (Å²) in [5.74, 6) is 1.17. The molecule has 0 unspecified atom stereocenters. The van der Waals surface area contributed by atoms with E-state index in [1.807, 2.05) is 0 Å².